The Balaban J connectivity index is 0.000000590. The summed E-state index contributed by atoms with van der Waals surface area (Å²) >= 11 is 0. The van der Waals surface area contributed by atoms with E-state index < -0.39 is 34.2 Å². The van der Waals surface area contributed by atoms with Crippen molar-refractivity contribution in [3.05, 3.63) is 59.7 Å². The van der Waals surface area contributed by atoms with Crippen LogP contribution in [0.15, 0.2) is 53.5 Å². The molecule has 14 heteroatoms. The lowest BCUT2D eigenvalue weighted by Gasteiger charge is -2.13. The predicted molar refractivity (Wildman–Crippen MR) is 157 cm³/mol. The Morgan fingerprint density at radius 3 is 2.27 bits per heavy atom. The van der Waals surface area contributed by atoms with Crippen LogP contribution in [0.4, 0.5) is 5.69 Å². The number of nitrogens with one attached hydrogen (secondary N) is 1. The van der Waals surface area contributed by atoms with Gasteiger partial charge in [-0.1, -0.05) is 24.3 Å². The van der Waals surface area contributed by atoms with Gasteiger partial charge in [0.15, 0.2) is 12.1 Å². The van der Waals surface area contributed by atoms with Crippen molar-refractivity contribution in [3.63, 3.8) is 0 Å². The molecule has 2 atom stereocenters. The van der Waals surface area contributed by atoms with Crippen LogP contribution in [0.2, 0.25) is 0 Å². The highest BCUT2D eigenvalue weighted by atomic mass is 32.2. The van der Waals surface area contributed by atoms with E-state index in [0.717, 1.165) is 42.5 Å². The van der Waals surface area contributed by atoms with Crippen LogP contribution >= 0.6 is 0 Å². The van der Waals surface area contributed by atoms with Crippen LogP contribution < -0.4 is 26.7 Å². The maximum atomic E-state index is 11.2. The minimum Gasteiger partial charge on any atom is -0.480 e. The molecule has 2 aromatic carbocycles. The molecule has 13 nitrogen and oxygen atoms in total. The number of benzene rings is 2. The number of hydrogen-bond donors (Lipinski definition) is 6. The van der Waals surface area contributed by atoms with Crippen molar-refractivity contribution >= 4 is 33.7 Å². The number of rotatable bonds is 17. The second-order valence-corrected chi connectivity index (χ2v) is 10.6. The molecular weight excluding hydrogens is 554 g/mol. The second-order valence-electron chi connectivity index (χ2n) is 9.04. The van der Waals surface area contributed by atoms with Crippen molar-refractivity contribution < 1.29 is 37.1 Å². The van der Waals surface area contributed by atoms with Gasteiger partial charge in [-0.3, -0.25) is 9.79 Å². The lowest BCUT2D eigenvalue weighted by molar-refractivity contribution is -0.150. The quantitative estimate of drug-likeness (QED) is 0.0662. The monoisotopic (exact) mass is 595 g/mol. The van der Waals surface area contributed by atoms with E-state index in [1.54, 1.807) is 19.1 Å². The minimum atomic E-state index is -3.51. The Hall–Kier alpha value is -3.88. The molecule has 0 saturated heterocycles. The fourth-order valence-electron chi connectivity index (χ4n) is 3.50. The van der Waals surface area contributed by atoms with Crippen LogP contribution in [0, 0.1) is 0 Å². The van der Waals surface area contributed by atoms with E-state index >= 15 is 0 Å². The molecule has 0 amide bonds. The number of aliphatic imine (C=N–C) groups is 1. The lowest BCUT2D eigenvalue weighted by atomic mass is 10.1. The van der Waals surface area contributed by atoms with Gasteiger partial charge in [-0.05, 0) is 68.0 Å². The zero-order valence-electron chi connectivity index (χ0n) is 23.4. The first-order valence-corrected chi connectivity index (χ1v) is 14.8. The molecular formula is C27H41N5O8S. The summed E-state index contributed by atoms with van der Waals surface area (Å²) in [5, 5.41) is 20.9. The van der Waals surface area contributed by atoms with Crippen LogP contribution in [0.5, 0.6) is 5.75 Å². The fourth-order valence-corrected chi connectivity index (χ4v) is 3.96. The first-order chi connectivity index (χ1) is 19.3. The molecule has 0 bridgehead atoms. The number of ether oxygens (including phenoxy) is 1. The van der Waals surface area contributed by atoms with E-state index in [0.29, 0.717) is 38.2 Å². The Morgan fingerprint density at radius 1 is 1.02 bits per heavy atom. The van der Waals surface area contributed by atoms with E-state index in [-0.39, 0.29) is 5.96 Å². The van der Waals surface area contributed by atoms with Crippen LogP contribution in [0.25, 0.3) is 0 Å². The molecule has 228 valence electrons. The standard InChI is InChI=1S/C21H27NO6S.C6H14N4O2/c1-3-27-20(21(23)24)15-17-6-4-8-18(14-17)22-13-5-7-16-9-11-19(12-10-16)28-29(2,25)26;7-4(5(11)12)2-1-3-10-6(8)9/h4,6,8-12,14,20,22H,3,5,7,13,15H2,1-2H3,(H,23,24);4H,1-3,7H2,(H,11,12)(H4,8,9,10). The van der Waals surface area contributed by atoms with Crippen LogP contribution in [0.1, 0.15) is 37.3 Å². The van der Waals surface area contributed by atoms with E-state index in [4.69, 9.17) is 31.2 Å². The number of guanidine groups is 1. The Bertz CT molecular complexity index is 1220. The summed E-state index contributed by atoms with van der Waals surface area (Å²) < 4.78 is 32.3. The van der Waals surface area contributed by atoms with Gasteiger partial charge in [0.1, 0.15) is 11.8 Å². The van der Waals surface area contributed by atoms with Crippen molar-refractivity contribution in [2.24, 2.45) is 22.2 Å². The van der Waals surface area contributed by atoms with E-state index in [1.165, 1.54) is 0 Å². The fraction of sp³-hybridized carbons (Fsp3) is 0.444. The molecule has 0 aliphatic rings. The molecule has 0 aliphatic carbocycles. The van der Waals surface area contributed by atoms with Crippen molar-refractivity contribution in [2.45, 2.75) is 51.2 Å². The molecule has 0 saturated carbocycles. The molecule has 0 aromatic heterocycles. The second kappa shape index (κ2) is 18.5. The molecule has 2 unspecified atom stereocenters. The highest BCUT2D eigenvalue weighted by Gasteiger charge is 2.18. The van der Waals surface area contributed by atoms with E-state index in [1.807, 2.05) is 36.4 Å². The topological polar surface area (TPSA) is 230 Å². The van der Waals surface area contributed by atoms with Gasteiger partial charge in [-0.25, -0.2) is 4.79 Å². The molecule has 9 N–H and O–H groups in total. The molecule has 0 radical (unpaired) electrons. The van der Waals surface area contributed by atoms with Gasteiger partial charge in [0.25, 0.3) is 0 Å². The minimum absolute atomic E-state index is 0.0129. The zero-order valence-corrected chi connectivity index (χ0v) is 24.2. The summed E-state index contributed by atoms with van der Waals surface area (Å²) in [6.07, 6.45) is 3.16. The number of nitrogens with two attached hydrogens (primary N) is 3. The van der Waals surface area contributed by atoms with Gasteiger partial charge in [0, 0.05) is 31.8 Å². The van der Waals surface area contributed by atoms with Crippen LogP contribution in [0.3, 0.4) is 0 Å². The molecule has 2 rings (SSSR count). The Kier molecular flexibility index (Phi) is 15.8. The zero-order chi connectivity index (χ0) is 30.8. The van der Waals surface area contributed by atoms with E-state index in [9.17, 15) is 23.1 Å². The van der Waals surface area contributed by atoms with E-state index in [2.05, 4.69) is 10.3 Å². The van der Waals surface area contributed by atoms with Gasteiger partial charge in [0.2, 0.25) is 0 Å². The average Bonchev–Trinajstić information content (AvgIpc) is 2.89. The smallest absolute Gasteiger partial charge is 0.333 e. The SMILES string of the molecule is CCOC(Cc1cccc(NCCCc2ccc(OS(C)(=O)=O)cc2)c1)C(=O)O.NC(N)=NCCCC(N)C(=O)O. The molecule has 0 aliphatic heterocycles. The molecule has 0 fully saturated rings. The summed E-state index contributed by atoms with van der Waals surface area (Å²) in [5.41, 5.74) is 18.2. The molecule has 2 aromatic rings. The first kappa shape index (κ1) is 35.1. The highest BCUT2D eigenvalue weighted by Crippen LogP contribution is 2.16. The van der Waals surface area contributed by atoms with Gasteiger partial charge in [0.05, 0.1) is 6.26 Å². The summed E-state index contributed by atoms with van der Waals surface area (Å²) in [6, 6.07) is 13.8. The Morgan fingerprint density at radius 2 is 1.71 bits per heavy atom. The number of carbonyl (C=O) groups is 2. The van der Waals surface area contributed by atoms with Crippen molar-refractivity contribution in [1.29, 1.82) is 0 Å². The van der Waals surface area contributed by atoms with Crippen molar-refractivity contribution in [3.8, 4) is 5.75 Å². The van der Waals surface area contributed by atoms with Gasteiger partial charge < -0.3 is 41.7 Å². The number of nitrogens with zero attached hydrogens (tertiary/aromatic N) is 1. The number of aryl methyl sites for hydroxylation is 1. The lowest BCUT2D eigenvalue weighted by Crippen LogP contribution is -2.30. The average molecular weight is 596 g/mol. The number of carboxylic acids is 2. The normalized spacial score (nSPS) is 12.3. The summed E-state index contributed by atoms with van der Waals surface area (Å²) in [7, 11) is -3.51. The largest absolute Gasteiger partial charge is 0.480 e. The number of anilines is 1. The predicted octanol–water partition coefficient (Wildman–Crippen LogP) is 1.55. The van der Waals surface area contributed by atoms with Gasteiger partial charge in [-0.15, -0.1) is 0 Å². The molecule has 41 heavy (non-hydrogen) atoms. The number of carboxylic acid groups (broad SMARTS) is 2. The highest BCUT2D eigenvalue weighted by molar-refractivity contribution is 7.86. The van der Waals surface area contributed by atoms with Crippen molar-refractivity contribution in [1.82, 2.24) is 0 Å². The summed E-state index contributed by atoms with van der Waals surface area (Å²) in [5.74, 6) is -1.64. The number of aliphatic carboxylic acids is 2. The summed E-state index contributed by atoms with van der Waals surface area (Å²) in [4.78, 5) is 25.1. The van der Waals surface area contributed by atoms with Gasteiger partial charge >= 0.3 is 22.1 Å². The molecule has 0 heterocycles. The third-order valence-electron chi connectivity index (χ3n) is 5.42. The third-order valence-corrected chi connectivity index (χ3v) is 5.91. The molecule has 0 spiro atoms. The maximum Gasteiger partial charge on any atom is 0.333 e. The third kappa shape index (κ3) is 16.7. The van der Waals surface area contributed by atoms with Crippen molar-refractivity contribution in [2.75, 3.05) is 31.3 Å². The summed E-state index contributed by atoms with van der Waals surface area (Å²) in [6.45, 7) is 3.30. The first-order valence-electron chi connectivity index (χ1n) is 13.0. The maximum absolute atomic E-state index is 11.2. The number of hydrogen-bond acceptors (Lipinski definition) is 9. The van der Waals surface area contributed by atoms with Crippen LogP contribution in [-0.4, -0.2) is 74.6 Å². The van der Waals surface area contributed by atoms with Crippen LogP contribution in [-0.2, 0) is 37.3 Å². The van der Waals surface area contributed by atoms with Gasteiger partial charge in [-0.2, -0.15) is 8.42 Å². The Labute approximate surface area is 240 Å².